The van der Waals surface area contributed by atoms with E-state index >= 15 is 4.39 Å². The molecule has 2 N–H and O–H groups in total. The second kappa shape index (κ2) is 9.49. The van der Waals surface area contributed by atoms with Gasteiger partial charge in [0.25, 0.3) is 5.92 Å². The molecule has 3 aliphatic heterocycles. The summed E-state index contributed by atoms with van der Waals surface area (Å²) in [7, 11) is 1.64. The summed E-state index contributed by atoms with van der Waals surface area (Å²) in [5.74, 6) is -2.71. The van der Waals surface area contributed by atoms with Gasteiger partial charge < -0.3 is 20.1 Å². The summed E-state index contributed by atoms with van der Waals surface area (Å²) in [5, 5.41) is 16.1. The van der Waals surface area contributed by atoms with Crippen LogP contribution in [0.3, 0.4) is 0 Å². The number of benzene rings is 3. The quantitative estimate of drug-likeness (QED) is 0.365. The second-order valence-corrected chi connectivity index (χ2v) is 11.4. The lowest BCUT2D eigenvalue weighted by atomic mass is 9.96. The van der Waals surface area contributed by atoms with Crippen molar-refractivity contribution in [3.05, 3.63) is 54.3 Å². The third kappa shape index (κ3) is 4.49. The van der Waals surface area contributed by atoms with Gasteiger partial charge in [-0.25, -0.2) is 13.2 Å². The number of hydrogen-bond donors (Lipinski definition) is 2. The molecule has 0 spiro atoms. The fourth-order valence-corrected chi connectivity index (χ4v) is 6.54. The summed E-state index contributed by atoms with van der Waals surface area (Å²) in [6.45, 7) is 1.09. The highest BCUT2D eigenvalue weighted by molar-refractivity contribution is 6.01. The van der Waals surface area contributed by atoms with E-state index in [9.17, 15) is 13.9 Å². The van der Waals surface area contributed by atoms with Gasteiger partial charge in [0.15, 0.2) is 5.82 Å². The first-order valence-corrected chi connectivity index (χ1v) is 13.7. The number of nitrogens with zero attached hydrogens (tertiary/aromatic N) is 4. The lowest BCUT2D eigenvalue weighted by molar-refractivity contribution is 0.0136. The van der Waals surface area contributed by atoms with Gasteiger partial charge in [0, 0.05) is 48.6 Å². The van der Waals surface area contributed by atoms with Crippen LogP contribution in [0.15, 0.2) is 48.5 Å². The summed E-state index contributed by atoms with van der Waals surface area (Å²) in [6.07, 6.45) is 1.83. The topological polar surface area (TPSA) is 73.8 Å². The van der Waals surface area contributed by atoms with Crippen LogP contribution in [0.25, 0.3) is 32.8 Å². The van der Waals surface area contributed by atoms with E-state index in [0.717, 1.165) is 36.7 Å². The molecule has 3 saturated heterocycles. The van der Waals surface area contributed by atoms with E-state index < -0.39 is 17.8 Å². The molecule has 3 aromatic carbocycles. The summed E-state index contributed by atoms with van der Waals surface area (Å²) in [4.78, 5) is 12.9. The number of piperazine rings is 1. The highest BCUT2D eigenvalue weighted by atomic mass is 19.3. The summed E-state index contributed by atoms with van der Waals surface area (Å²) in [5.41, 5.74) is 0.944. The number of halogens is 3. The van der Waals surface area contributed by atoms with Crippen molar-refractivity contribution in [2.75, 3.05) is 38.2 Å². The molecule has 208 valence electrons. The van der Waals surface area contributed by atoms with Gasteiger partial charge in [-0.3, -0.25) is 4.90 Å². The van der Waals surface area contributed by atoms with E-state index in [4.69, 9.17) is 9.72 Å². The maximum absolute atomic E-state index is 16.4. The zero-order valence-corrected chi connectivity index (χ0v) is 22.1. The Morgan fingerprint density at radius 1 is 1.02 bits per heavy atom. The van der Waals surface area contributed by atoms with Gasteiger partial charge in [-0.2, -0.15) is 9.97 Å². The molecule has 1 aromatic heterocycles. The smallest absolute Gasteiger partial charge is 0.319 e. The Labute approximate surface area is 229 Å². The number of anilines is 1. The van der Waals surface area contributed by atoms with E-state index in [-0.39, 0.29) is 36.8 Å². The first kappa shape index (κ1) is 25.3. The maximum Gasteiger partial charge on any atom is 0.319 e. The van der Waals surface area contributed by atoms with Crippen LogP contribution in [0.2, 0.25) is 0 Å². The second-order valence-electron chi connectivity index (χ2n) is 11.4. The predicted molar refractivity (Wildman–Crippen MR) is 148 cm³/mol. The molecule has 40 heavy (non-hydrogen) atoms. The van der Waals surface area contributed by atoms with Gasteiger partial charge in [-0.05, 0) is 54.4 Å². The minimum Gasteiger partial charge on any atom is -0.508 e. The molecule has 0 saturated carbocycles. The molecule has 3 aliphatic rings. The first-order valence-electron chi connectivity index (χ1n) is 13.7. The Bertz CT molecular complexity index is 1600. The fraction of sp³-hybridized carbons (Fsp3) is 0.400. The summed E-state index contributed by atoms with van der Waals surface area (Å²) < 4.78 is 50.3. The average Bonchev–Trinajstić information content (AvgIpc) is 3.41. The van der Waals surface area contributed by atoms with Crippen LogP contribution in [0, 0.1) is 5.82 Å². The van der Waals surface area contributed by atoms with E-state index in [1.165, 1.54) is 0 Å². The molecule has 0 aliphatic carbocycles. The van der Waals surface area contributed by atoms with E-state index in [1.807, 2.05) is 30.3 Å². The van der Waals surface area contributed by atoms with Gasteiger partial charge in [0.05, 0.1) is 6.54 Å². The number of ether oxygens (including phenoxy) is 1. The molecule has 7 rings (SSSR count). The van der Waals surface area contributed by atoms with Gasteiger partial charge in [0.1, 0.15) is 23.7 Å². The molecule has 3 fully saturated rings. The monoisotopic (exact) mass is 549 g/mol. The normalized spacial score (nSPS) is 24.3. The van der Waals surface area contributed by atoms with Crippen molar-refractivity contribution in [3.8, 4) is 22.9 Å². The highest BCUT2D eigenvalue weighted by Gasteiger charge is 2.43. The van der Waals surface area contributed by atoms with Crippen molar-refractivity contribution in [1.82, 2.24) is 20.2 Å². The molecule has 0 unspecified atom stereocenters. The molecule has 0 amide bonds. The molecule has 2 bridgehead atoms. The van der Waals surface area contributed by atoms with Crippen molar-refractivity contribution in [1.29, 1.82) is 0 Å². The lowest BCUT2D eigenvalue weighted by Crippen LogP contribution is -2.51. The summed E-state index contributed by atoms with van der Waals surface area (Å²) in [6, 6.07) is 14.3. The number of phenolic OH excluding ortho intramolecular Hbond substituents is 1. The van der Waals surface area contributed by atoms with Crippen LogP contribution < -0.4 is 15.0 Å². The van der Waals surface area contributed by atoms with Crippen molar-refractivity contribution in [2.24, 2.45) is 0 Å². The predicted octanol–water partition coefficient (Wildman–Crippen LogP) is 4.95. The number of likely N-dealkylation sites (tertiary alicyclic amines) is 1. The third-order valence-electron chi connectivity index (χ3n) is 8.46. The number of aromatic nitrogens is 2. The molecule has 7 nitrogen and oxygen atoms in total. The van der Waals surface area contributed by atoms with E-state index in [2.05, 4.69) is 15.2 Å². The minimum atomic E-state index is -2.77. The lowest BCUT2D eigenvalue weighted by Gasteiger charge is -2.34. The number of likely N-dealkylation sites (N-methyl/N-ethyl adjacent to an activating group) is 1. The maximum atomic E-state index is 16.4. The molecule has 10 heteroatoms. The average molecular weight is 550 g/mol. The van der Waals surface area contributed by atoms with Gasteiger partial charge in [-0.15, -0.1) is 0 Å². The molecule has 4 aromatic rings. The number of nitrogens with one attached hydrogen (secondary N) is 1. The fourth-order valence-electron chi connectivity index (χ4n) is 6.54. The Hall–Kier alpha value is -3.63. The molecule has 4 heterocycles. The Kier molecular flexibility index (Phi) is 6.01. The number of fused-ring (bicyclic) bond motifs is 4. The Balaban J connectivity index is 1.33. The zero-order valence-electron chi connectivity index (χ0n) is 22.1. The minimum absolute atomic E-state index is 0.0254. The highest BCUT2D eigenvalue weighted by Crippen LogP contribution is 2.39. The molecular weight excluding hydrogens is 519 g/mol. The van der Waals surface area contributed by atoms with Crippen LogP contribution in [0.4, 0.5) is 19.0 Å². The van der Waals surface area contributed by atoms with Crippen molar-refractivity contribution >= 4 is 27.5 Å². The van der Waals surface area contributed by atoms with Crippen LogP contribution >= 0.6 is 0 Å². The van der Waals surface area contributed by atoms with Crippen LogP contribution in [-0.2, 0) is 0 Å². The number of rotatable bonds is 5. The van der Waals surface area contributed by atoms with Crippen molar-refractivity contribution in [2.45, 2.75) is 43.3 Å². The molecule has 0 radical (unpaired) electrons. The van der Waals surface area contributed by atoms with Crippen LogP contribution in [0.1, 0.15) is 19.3 Å². The Morgan fingerprint density at radius 3 is 2.55 bits per heavy atom. The number of aromatic hydroxyl groups is 1. The van der Waals surface area contributed by atoms with Crippen molar-refractivity contribution in [3.63, 3.8) is 0 Å². The molecular formula is C30H30F3N5O2. The number of hydrogen-bond acceptors (Lipinski definition) is 7. The van der Waals surface area contributed by atoms with E-state index in [0.29, 0.717) is 34.4 Å². The first-order chi connectivity index (χ1) is 19.2. The number of phenols is 1. The van der Waals surface area contributed by atoms with E-state index in [1.54, 1.807) is 30.1 Å². The van der Waals surface area contributed by atoms with Gasteiger partial charge >= 0.3 is 6.01 Å². The largest absolute Gasteiger partial charge is 0.508 e. The van der Waals surface area contributed by atoms with Gasteiger partial charge in [-0.1, -0.05) is 30.3 Å². The summed E-state index contributed by atoms with van der Waals surface area (Å²) >= 11 is 0. The van der Waals surface area contributed by atoms with Gasteiger partial charge in [0.2, 0.25) is 0 Å². The molecule has 3 atom stereocenters. The zero-order chi connectivity index (χ0) is 27.6. The Morgan fingerprint density at radius 2 is 1.80 bits per heavy atom. The number of alkyl halides is 2. The van der Waals surface area contributed by atoms with Crippen LogP contribution in [0.5, 0.6) is 11.8 Å². The third-order valence-corrected chi connectivity index (χ3v) is 8.46. The van der Waals surface area contributed by atoms with Crippen LogP contribution in [-0.4, -0.2) is 77.3 Å². The standard InChI is InChI=1S/C30H30F3N5O2/c1-37-16-30(32,33)12-20(37)15-40-29-35-27-24(28(36-29)38-13-18-6-7-19(14-38)34-18)9-8-23(26(27)31)25-11-21(39)10-17-4-2-3-5-22(17)25/h2-5,8-11,18-20,34,39H,6-7,12-16H2,1H3/t18-,19+,20-/m0/s1. The van der Waals surface area contributed by atoms with Crippen molar-refractivity contribution < 1.29 is 23.0 Å². The SMILES string of the molecule is CN1CC(F)(F)C[C@H]1COc1nc(N2C[C@H]3CC[C@@H](C2)N3)c2ccc(-c3cc(O)cc4ccccc34)c(F)c2n1.